The Morgan fingerprint density at radius 1 is 1.00 bits per heavy atom. The first-order valence-corrected chi connectivity index (χ1v) is 11.3. The number of para-hydroxylation sites is 1. The van der Waals surface area contributed by atoms with Gasteiger partial charge in [-0.25, -0.2) is 4.98 Å². The minimum Gasteiger partial charge on any atom is -0.489 e. The van der Waals surface area contributed by atoms with Crippen molar-refractivity contribution >= 4 is 22.9 Å². The fourth-order valence-corrected chi connectivity index (χ4v) is 3.55. The number of hydrogen-bond acceptors (Lipinski definition) is 5. The van der Waals surface area contributed by atoms with E-state index in [0.717, 1.165) is 16.9 Å². The van der Waals surface area contributed by atoms with Crippen LogP contribution in [0, 0.1) is 0 Å². The topological polar surface area (TPSA) is 84.5 Å². The molecule has 35 heavy (non-hydrogen) atoms. The van der Waals surface area contributed by atoms with Gasteiger partial charge in [0.2, 0.25) is 5.91 Å². The van der Waals surface area contributed by atoms with Crippen molar-refractivity contribution in [1.29, 1.82) is 0 Å². The third-order valence-electron chi connectivity index (χ3n) is 5.43. The highest BCUT2D eigenvalue weighted by molar-refractivity contribution is 5.91. The van der Waals surface area contributed by atoms with Gasteiger partial charge in [-0.1, -0.05) is 54.6 Å². The van der Waals surface area contributed by atoms with Crippen LogP contribution in [0.25, 0.3) is 17.0 Å². The Kier molecular flexibility index (Phi) is 8.04. The van der Waals surface area contributed by atoms with E-state index in [9.17, 15) is 9.59 Å². The highest BCUT2D eigenvalue weighted by atomic mass is 16.5. The van der Waals surface area contributed by atoms with Gasteiger partial charge in [0.1, 0.15) is 18.2 Å². The fraction of sp³-hybridized carbons (Fsp3) is 0.179. The largest absolute Gasteiger partial charge is 0.489 e. The summed E-state index contributed by atoms with van der Waals surface area (Å²) in [6, 6.07) is 24.6. The van der Waals surface area contributed by atoms with Crippen molar-refractivity contribution in [2.75, 3.05) is 20.3 Å². The number of fused-ring (bicyclic) bond motifs is 1. The number of hydrogen-bond donors (Lipinski definition) is 1. The van der Waals surface area contributed by atoms with Crippen LogP contribution in [0.4, 0.5) is 0 Å². The molecule has 0 unspecified atom stereocenters. The number of benzene rings is 3. The molecule has 0 saturated carbocycles. The smallest absolute Gasteiger partial charge is 0.258 e. The lowest BCUT2D eigenvalue weighted by Gasteiger charge is -2.20. The van der Waals surface area contributed by atoms with Crippen LogP contribution in [0.5, 0.6) is 5.75 Å². The van der Waals surface area contributed by atoms with E-state index in [-0.39, 0.29) is 18.0 Å². The number of amides is 1. The van der Waals surface area contributed by atoms with Crippen LogP contribution < -0.4 is 10.3 Å². The van der Waals surface area contributed by atoms with Crippen molar-refractivity contribution < 1.29 is 14.3 Å². The summed E-state index contributed by atoms with van der Waals surface area (Å²) in [6.07, 6.45) is 3.26. The molecule has 0 atom stereocenters. The van der Waals surface area contributed by atoms with E-state index in [4.69, 9.17) is 9.47 Å². The molecule has 1 N–H and O–H groups in total. The average Bonchev–Trinajstić information content (AvgIpc) is 2.89. The summed E-state index contributed by atoms with van der Waals surface area (Å²) in [7, 11) is 1.58. The van der Waals surface area contributed by atoms with Crippen molar-refractivity contribution in [2.24, 2.45) is 0 Å². The first kappa shape index (κ1) is 23.9. The summed E-state index contributed by atoms with van der Waals surface area (Å²) in [5.74, 6) is 0.971. The van der Waals surface area contributed by atoms with Gasteiger partial charge in [0, 0.05) is 19.7 Å². The van der Waals surface area contributed by atoms with Gasteiger partial charge < -0.3 is 19.4 Å². The third-order valence-corrected chi connectivity index (χ3v) is 5.43. The monoisotopic (exact) mass is 469 g/mol. The minimum atomic E-state index is -0.227. The van der Waals surface area contributed by atoms with E-state index < -0.39 is 0 Å². The Labute approximate surface area is 203 Å². The van der Waals surface area contributed by atoms with Gasteiger partial charge in [0.15, 0.2) is 0 Å². The van der Waals surface area contributed by atoms with Crippen molar-refractivity contribution in [1.82, 2.24) is 14.9 Å². The summed E-state index contributed by atoms with van der Waals surface area (Å²) in [5, 5.41) is 0.516. The van der Waals surface area contributed by atoms with Crippen LogP contribution in [0.2, 0.25) is 0 Å². The lowest BCUT2D eigenvalue weighted by atomic mass is 10.2. The Bertz CT molecular complexity index is 1350. The molecule has 3 aromatic carbocycles. The minimum absolute atomic E-state index is 0.166. The lowest BCUT2D eigenvalue weighted by molar-refractivity contribution is -0.127. The molecular formula is C28H27N3O4. The molecule has 0 aliphatic carbocycles. The first-order chi connectivity index (χ1) is 17.1. The van der Waals surface area contributed by atoms with Gasteiger partial charge in [0.25, 0.3) is 5.56 Å². The SMILES string of the molecule is COCCN(Cc1nc2ccccc2c(=O)[nH]1)C(=O)C=Cc1ccc(OCc2ccccc2)cc1. The third kappa shape index (κ3) is 6.65. The second kappa shape index (κ2) is 11.8. The second-order valence-electron chi connectivity index (χ2n) is 7.96. The van der Waals surface area contributed by atoms with E-state index >= 15 is 0 Å². The molecule has 1 heterocycles. The average molecular weight is 470 g/mol. The quantitative estimate of drug-likeness (QED) is 0.352. The molecule has 7 heteroatoms. The molecule has 0 fully saturated rings. The molecule has 4 aromatic rings. The van der Waals surface area contributed by atoms with Gasteiger partial charge >= 0.3 is 0 Å². The maximum atomic E-state index is 12.9. The summed E-state index contributed by atoms with van der Waals surface area (Å²) in [4.78, 5) is 34.2. The van der Waals surface area contributed by atoms with Crippen molar-refractivity contribution in [2.45, 2.75) is 13.2 Å². The highest BCUT2D eigenvalue weighted by Gasteiger charge is 2.14. The molecule has 0 radical (unpaired) electrons. The standard InChI is InChI=1S/C28H27N3O4/c1-34-18-17-31(19-26-29-25-10-6-5-9-24(25)28(33)30-26)27(32)16-13-21-11-14-23(15-12-21)35-20-22-7-3-2-4-8-22/h2-16H,17-20H2,1H3,(H,29,30,33). The number of nitrogens with one attached hydrogen (secondary N) is 1. The summed E-state index contributed by atoms with van der Waals surface area (Å²) in [5.41, 5.74) is 2.33. The van der Waals surface area contributed by atoms with Crippen LogP contribution in [0.3, 0.4) is 0 Å². The van der Waals surface area contributed by atoms with Crippen molar-refractivity contribution in [3.05, 3.63) is 112 Å². The number of nitrogens with zero attached hydrogens (tertiary/aromatic N) is 2. The maximum Gasteiger partial charge on any atom is 0.258 e. The van der Waals surface area contributed by atoms with Crippen molar-refractivity contribution in [3.63, 3.8) is 0 Å². The van der Waals surface area contributed by atoms with Gasteiger partial charge in [-0.2, -0.15) is 0 Å². The number of methoxy groups -OCH3 is 1. The molecular weight excluding hydrogens is 442 g/mol. The number of carbonyl (C=O) groups is 1. The Morgan fingerprint density at radius 3 is 2.51 bits per heavy atom. The molecule has 0 aliphatic rings. The predicted molar refractivity (Wildman–Crippen MR) is 136 cm³/mol. The van der Waals surface area contributed by atoms with Gasteiger partial charge in [0.05, 0.1) is 24.1 Å². The van der Waals surface area contributed by atoms with Crippen molar-refractivity contribution in [3.8, 4) is 5.75 Å². The van der Waals surface area contributed by atoms with Crippen LogP contribution in [-0.2, 0) is 22.7 Å². The number of ether oxygens (including phenoxy) is 2. The van der Waals surface area contributed by atoms with Crippen LogP contribution >= 0.6 is 0 Å². The number of H-pyrrole nitrogens is 1. The number of rotatable bonds is 10. The van der Waals surface area contributed by atoms with E-state index in [2.05, 4.69) is 9.97 Å². The zero-order chi connectivity index (χ0) is 24.5. The van der Waals surface area contributed by atoms with Crippen LogP contribution in [-0.4, -0.2) is 41.0 Å². The molecule has 178 valence electrons. The molecule has 0 saturated heterocycles. The lowest BCUT2D eigenvalue weighted by Crippen LogP contribution is -2.33. The Balaban J connectivity index is 1.41. The van der Waals surface area contributed by atoms with E-state index in [0.29, 0.717) is 36.5 Å². The van der Waals surface area contributed by atoms with Crippen LogP contribution in [0.1, 0.15) is 17.0 Å². The molecule has 4 rings (SSSR count). The number of carbonyl (C=O) groups excluding carboxylic acids is 1. The second-order valence-corrected chi connectivity index (χ2v) is 7.96. The van der Waals surface area contributed by atoms with E-state index in [1.165, 1.54) is 6.08 Å². The molecule has 7 nitrogen and oxygen atoms in total. The van der Waals surface area contributed by atoms with E-state index in [1.54, 1.807) is 36.3 Å². The molecule has 1 amide bonds. The molecule has 0 bridgehead atoms. The number of aromatic amines is 1. The zero-order valence-corrected chi connectivity index (χ0v) is 19.5. The maximum absolute atomic E-state index is 12.9. The zero-order valence-electron chi connectivity index (χ0n) is 19.5. The van der Waals surface area contributed by atoms with Gasteiger partial charge in [-0.15, -0.1) is 0 Å². The fourth-order valence-electron chi connectivity index (χ4n) is 3.55. The number of aromatic nitrogens is 2. The van der Waals surface area contributed by atoms with Gasteiger partial charge in [-0.3, -0.25) is 9.59 Å². The molecule has 1 aromatic heterocycles. The predicted octanol–water partition coefficient (Wildman–Crippen LogP) is 4.19. The Morgan fingerprint density at radius 2 is 1.74 bits per heavy atom. The Hall–Kier alpha value is -4.23. The summed E-state index contributed by atoms with van der Waals surface area (Å²) in [6.45, 7) is 1.39. The van der Waals surface area contributed by atoms with Gasteiger partial charge in [-0.05, 0) is 41.5 Å². The highest BCUT2D eigenvalue weighted by Crippen LogP contribution is 2.15. The van der Waals surface area contributed by atoms with E-state index in [1.807, 2.05) is 60.7 Å². The normalized spacial score (nSPS) is 11.1. The summed E-state index contributed by atoms with van der Waals surface area (Å²) >= 11 is 0. The van der Waals surface area contributed by atoms with Crippen LogP contribution in [0.15, 0.2) is 89.7 Å². The first-order valence-electron chi connectivity index (χ1n) is 11.3. The molecule has 0 aliphatic heterocycles. The summed E-state index contributed by atoms with van der Waals surface area (Å²) < 4.78 is 11.0. The molecule has 0 spiro atoms.